The maximum Gasteiger partial charge on any atom is 0.240 e. The molecule has 1 saturated carbocycles. The van der Waals surface area contributed by atoms with E-state index < -0.39 is 5.25 Å². The molecule has 0 spiro atoms. The molecule has 6 nitrogen and oxygen atoms in total. The van der Waals surface area contributed by atoms with Crippen molar-refractivity contribution in [3.05, 3.63) is 30.3 Å². The van der Waals surface area contributed by atoms with Crippen LogP contribution < -0.4 is 10.6 Å². The van der Waals surface area contributed by atoms with Crippen LogP contribution in [0.3, 0.4) is 0 Å². The number of amidine groups is 1. The lowest BCUT2D eigenvalue weighted by molar-refractivity contribution is -0.122. The summed E-state index contributed by atoms with van der Waals surface area (Å²) in [6.07, 6.45) is 8.20. The Morgan fingerprint density at radius 1 is 1.08 bits per heavy atom. The summed E-state index contributed by atoms with van der Waals surface area (Å²) in [7, 11) is 0. The van der Waals surface area contributed by atoms with Crippen LogP contribution in [-0.4, -0.2) is 27.9 Å². The molecule has 1 aromatic carbocycles. The average Bonchev–Trinajstić information content (AvgIpc) is 2.94. The van der Waals surface area contributed by atoms with Gasteiger partial charge in [-0.3, -0.25) is 9.59 Å². The standard InChI is InChI=1S/C19H24N4O2S/c24-17(20-14-9-7-4-8-10-14)13-16-18(25)21-19(26-16)23-22-15-11-5-2-1-3-6-12-15/h4,7-10,16H,1-3,5-6,11-13H2,(H,20,24)(H,21,23,25)/t16-/m0/s1. The van der Waals surface area contributed by atoms with E-state index in [2.05, 4.69) is 20.8 Å². The largest absolute Gasteiger partial charge is 0.326 e. The Hall–Kier alpha value is -2.15. The van der Waals surface area contributed by atoms with Crippen LogP contribution in [0.25, 0.3) is 0 Å². The van der Waals surface area contributed by atoms with Crippen LogP contribution in [-0.2, 0) is 9.59 Å². The van der Waals surface area contributed by atoms with Gasteiger partial charge in [0.15, 0.2) is 5.17 Å². The zero-order chi connectivity index (χ0) is 18.2. The summed E-state index contributed by atoms with van der Waals surface area (Å²) >= 11 is 1.28. The molecule has 0 radical (unpaired) electrons. The molecule has 26 heavy (non-hydrogen) atoms. The number of benzene rings is 1. The molecule has 3 rings (SSSR count). The smallest absolute Gasteiger partial charge is 0.240 e. The first-order chi connectivity index (χ1) is 12.7. The first-order valence-electron chi connectivity index (χ1n) is 9.16. The van der Waals surface area contributed by atoms with Crippen LogP contribution in [0.15, 0.2) is 40.5 Å². The Morgan fingerprint density at radius 2 is 1.77 bits per heavy atom. The number of nitrogens with one attached hydrogen (secondary N) is 2. The van der Waals surface area contributed by atoms with Gasteiger partial charge in [0.1, 0.15) is 5.25 Å². The summed E-state index contributed by atoms with van der Waals surface area (Å²) in [4.78, 5) is 24.2. The predicted molar refractivity (Wildman–Crippen MR) is 106 cm³/mol. The fourth-order valence-corrected chi connectivity index (χ4v) is 3.94. The number of para-hydroxylation sites is 1. The molecule has 2 N–H and O–H groups in total. The molecule has 1 aromatic rings. The Morgan fingerprint density at radius 3 is 2.50 bits per heavy atom. The Bertz CT molecular complexity index is 693. The molecule has 1 atom stereocenters. The van der Waals surface area contributed by atoms with Gasteiger partial charge < -0.3 is 10.6 Å². The number of nitrogens with zero attached hydrogens (tertiary/aromatic N) is 2. The van der Waals surface area contributed by atoms with Crippen LogP contribution in [0.4, 0.5) is 5.69 Å². The lowest BCUT2D eigenvalue weighted by Gasteiger charge is -2.09. The number of hydrogen-bond acceptors (Lipinski definition) is 5. The topological polar surface area (TPSA) is 82.9 Å². The fraction of sp³-hybridized carbons (Fsp3) is 0.474. The number of carbonyl (C=O) groups is 2. The van der Waals surface area contributed by atoms with Gasteiger partial charge in [-0.15, -0.1) is 5.10 Å². The van der Waals surface area contributed by atoms with Gasteiger partial charge in [0.05, 0.1) is 0 Å². The normalized spacial score (nSPS) is 22.5. The lowest BCUT2D eigenvalue weighted by atomic mass is 9.99. The van der Waals surface area contributed by atoms with Gasteiger partial charge in [-0.1, -0.05) is 49.2 Å². The van der Waals surface area contributed by atoms with Crippen LogP contribution in [0.5, 0.6) is 0 Å². The van der Waals surface area contributed by atoms with Gasteiger partial charge in [0.25, 0.3) is 0 Å². The van der Waals surface area contributed by atoms with E-state index >= 15 is 0 Å². The number of hydrogen-bond donors (Lipinski definition) is 2. The minimum absolute atomic E-state index is 0.112. The molecule has 0 aromatic heterocycles. The minimum atomic E-state index is -0.463. The quantitative estimate of drug-likeness (QED) is 0.791. The van der Waals surface area contributed by atoms with Crippen molar-refractivity contribution in [2.45, 2.75) is 56.6 Å². The number of carbonyl (C=O) groups excluding carboxylic acids is 2. The summed E-state index contributed by atoms with van der Waals surface area (Å²) in [6.45, 7) is 0. The molecule has 2 amide bonds. The highest BCUT2D eigenvalue weighted by Crippen LogP contribution is 2.23. The zero-order valence-electron chi connectivity index (χ0n) is 14.7. The molecule has 2 aliphatic rings. The molecule has 1 aliphatic heterocycles. The first-order valence-corrected chi connectivity index (χ1v) is 10.0. The molecule has 2 fully saturated rings. The molecule has 138 valence electrons. The molecule has 1 saturated heterocycles. The number of amides is 2. The van der Waals surface area contributed by atoms with Crippen molar-refractivity contribution in [1.82, 2.24) is 5.32 Å². The van der Waals surface area contributed by atoms with E-state index in [-0.39, 0.29) is 18.2 Å². The average molecular weight is 372 g/mol. The van der Waals surface area contributed by atoms with Gasteiger partial charge in [0.2, 0.25) is 11.8 Å². The van der Waals surface area contributed by atoms with Crippen LogP contribution in [0, 0.1) is 0 Å². The third-order valence-corrected chi connectivity index (χ3v) is 5.49. The van der Waals surface area contributed by atoms with Crippen molar-refractivity contribution >= 4 is 40.1 Å². The molecule has 0 unspecified atom stereocenters. The van der Waals surface area contributed by atoms with Gasteiger partial charge >= 0.3 is 0 Å². The van der Waals surface area contributed by atoms with E-state index in [1.54, 1.807) is 0 Å². The van der Waals surface area contributed by atoms with E-state index in [1.807, 2.05) is 30.3 Å². The van der Waals surface area contributed by atoms with Crippen molar-refractivity contribution in [3.63, 3.8) is 0 Å². The highest BCUT2D eigenvalue weighted by atomic mass is 32.2. The van der Waals surface area contributed by atoms with Gasteiger partial charge in [-0.05, 0) is 37.8 Å². The van der Waals surface area contributed by atoms with Crippen LogP contribution in [0.2, 0.25) is 0 Å². The lowest BCUT2D eigenvalue weighted by Crippen LogP contribution is -2.28. The zero-order valence-corrected chi connectivity index (χ0v) is 15.6. The summed E-state index contributed by atoms with van der Waals surface area (Å²) < 4.78 is 0. The second kappa shape index (κ2) is 9.52. The summed E-state index contributed by atoms with van der Waals surface area (Å²) in [5, 5.41) is 14.1. The molecule has 1 aliphatic carbocycles. The molecule has 1 heterocycles. The van der Waals surface area contributed by atoms with E-state index in [1.165, 1.54) is 31.0 Å². The van der Waals surface area contributed by atoms with E-state index in [4.69, 9.17) is 0 Å². The Labute approximate surface area is 157 Å². The van der Waals surface area contributed by atoms with Gasteiger partial charge in [-0.2, -0.15) is 5.10 Å². The highest BCUT2D eigenvalue weighted by molar-refractivity contribution is 8.15. The SMILES string of the molecule is O=C(C[C@@H]1S/C(=N/N=C2CCCCCCC2)NC1=O)Nc1ccccc1. The van der Waals surface area contributed by atoms with Crippen LogP contribution >= 0.6 is 11.8 Å². The first kappa shape index (κ1) is 18.6. The van der Waals surface area contributed by atoms with Crippen molar-refractivity contribution in [1.29, 1.82) is 0 Å². The maximum absolute atomic E-state index is 12.1. The van der Waals surface area contributed by atoms with Gasteiger partial charge in [0, 0.05) is 17.8 Å². The second-order valence-electron chi connectivity index (χ2n) is 6.55. The third kappa shape index (κ3) is 5.69. The Balaban J connectivity index is 1.53. The number of thioether (sulfide) groups is 1. The monoisotopic (exact) mass is 372 g/mol. The molecule has 0 bridgehead atoms. The summed E-state index contributed by atoms with van der Waals surface area (Å²) in [6, 6.07) is 9.23. The van der Waals surface area contributed by atoms with E-state index in [0.717, 1.165) is 37.1 Å². The van der Waals surface area contributed by atoms with E-state index in [0.29, 0.717) is 5.17 Å². The third-order valence-electron chi connectivity index (χ3n) is 4.42. The van der Waals surface area contributed by atoms with Gasteiger partial charge in [-0.25, -0.2) is 0 Å². The van der Waals surface area contributed by atoms with Crippen molar-refractivity contribution in [2.24, 2.45) is 10.2 Å². The highest BCUT2D eigenvalue weighted by Gasteiger charge is 2.32. The molecular formula is C19H24N4O2S. The molecule has 7 heteroatoms. The predicted octanol–water partition coefficient (Wildman–Crippen LogP) is 3.70. The number of anilines is 1. The van der Waals surface area contributed by atoms with Crippen molar-refractivity contribution < 1.29 is 9.59 Å². The Kier molecular flexibility index (Phi) is 6.82. The summed E-state index contributed by atoms with van der Waals surface area (Å²) in [5.41, 5.74) is 1.84. The van der Waals surface area contributed by atoms with Crippen molar-refractivity contribution in [3.8, 4) is 0 Å². The van der Waals surface area contributed by atoms with Crippen LogP contribution in [0.1, 0.15) is 51.4 Å². The number of rotatable bonds is 4. The second-order valence-corrected chi connectivity index (χ2v) is 7.74. The fourth-order valence-electron chi connectivity index (χ4n) is 3.02. The minimum Gasteiger partial charge on any atom is -0.326 e. The summed E-state index contributed by atoms with van der Waals surface area (Å²) in [5.74, 6) is -0.369. The van der Waals surface area contributed by atoms with E-state index in [9.17, 15) is 9.59 Å². The maximum atomic E-state index is 12.1. The van der Waals surface area contributed by atoms with Crippen molar-refractivity contribution in [2.75, 3.05) is 5.32 Å². The molecular weight excluding hydrogens is 348 g/mol.